The van der Waals surface area contributed by atoms with Crippen LogP contribution in [0.4, 0.5) is 13.2 Å². The largest absolute Gasteiger partial charge is 0.492 e. The smallest absolute Gasteiger partial charge is 0.376 e. The van der Waals surface area contributed by atoms with E-state index in [0.717, 1.165) is 0 Å². The summed E-state index contributed by atoms with van der Waals surface area (Å²) in [4.78, 5) is 15.4. The molecule has 0 fully saturated rings. The van der Waals surface area contributed by atoms with E-state index in [0.29, 0.717) is 0 Å². The quantitative estimate of drug-likeness (QED) is 0.585. The maximum atomic E-state index is 12.1. The molecule has 0 radical (unpaired) electrons. The van der Waals surface area contributed by atoms with E-state index in [-0.39, 0.29) is 0 Å². The van der Waals surface area contributed by atoms with Crippen molar-refractivity contribution in [2.24, 2.45) is 0 Å². The Morgan fingerprint density at radius 1 is 1.00 bits per heavy atom. The van der Waals surface area contributed by atoms with E-state index in [1.807, 2.05) is 39.3 Å². The van der Waals surface area contributed by atoms with E-state index in [4.69, 9.17) is 0 Å². The molecule has 0 aliphatic rings. The Kier molecular flexibility index (Phi) is 4.40. The molecule has 0 heterocycles. The maximum Gasteiger partial charge on any atom is 0.492 e. The van der Waals surface area contributed by atoms with Gasteiger partial charge in [-0.05, 0) is 0 Å². The SMILES string of the molecule is C[Si](C)(C)N(OC(=O)C(F)(F)F)[Si](C)(C)C. The first kappa shape index (κ1) is 15.7. The average Bonchev–Trinajstić information content (AvgIpc) is 1.92. The summed E-state index contributed by atoms with van der Waals surface area (Å²) in [6.07, 6.45) is -4.93. The molecule has 0 aliphatic carbocycles. The lowest BCUT2D eigenvalue weighted by Gasteiger charge is -2.40. The fourth-order valence-electron chi connectivity index (χ4n) is 1.41. The summed E-state index contributed by atoms with van der Waals surface area (Å²) in [7, 11) is -4.22. The van der Waals surface area contributed by atoms with Crippen molar-refractivity contribution in [2.45, 2.75) is 45.5 Å². The van der Waals surface area contributed by atoms with Gasteiger partial charge in [-0.1, -0.05) is 39.3 Å². The molecule has 0 saturated carbocycles. The summed E-state index contributed by atoms with van der Waals surface area (Å²) in [5, 5.41) is 0. The van der Waals surface area contributed by atoms with Crippen LogP contribution < -0.4 is 0 Å². The van der Waals surface area contributed by atoms with Gasteiger partial charge in [0.2, 0.25) is 0 Å². The van der Waals surface area contributed by atoms with Crippen LogP contribution in [0, 0.1) is 0 Å². The normalized spacial score (nSPS) is 14.1. The summed E-state index contributed by atoms with van der Waals surface area (Å²) in [5.74, 6) is -2.13. The second-order valence-electron chi connectivity index (χ2n) is 5.51. The van der Waals surface area contributed by atoms with Crippen LogP contribution in [0.25, 0.3) is 0 Å². The van der Waals surface area contributed by atoms with Gasteiger partial charge in [-0.2, -0.15) is 17.6 Å². The second-order valence-corrected chi connectivity index (χ2v) is 15.5. The van der Waals surface area contributed by atoms with E-state index >= 15 is 0 Å². The van der Waals surface area contributed by atoms with E-state index in [9.17, 15) is 18.0 Å². The van der Waals surface area contributed by atoms with Gasteiger partial charge in [0, 0.05) is 0 Å². The number of halogens is 3. The van der Waals surface area contributed by atoms with Crippen molar-refractivity contribution in [2.75, 3.05) is 0 Å². The standard InChI is InChI=1S/C8H18F3NO2Si2/c1-15(2,3)12(16(4,5)6)14-7(13)8(9,10)11/h1-6H3. The van der Waals surface area contributed by atoms with Crippen LogP contribution in [0.3, 0.4) is 0 Å². The molecule has 0 aromatic rings. The number of hydrogen-bond acceptors (Lipinski definition) is 3. The van der Waals surface area contributed by atoms with E-state index in [2.05, 4.69) is 4.84 Å². The van der Waals surface area contributed by atoms with Gasteiger partial charge < -0.3 is 4.84 Å². The predicted octanol–water partition coefficient (Wildman–Crippen LogP) is 2.98. The van der Waals surface area contributed by atoms with Crippen molar-refractivity contribution in [1.82, 2.24) is 4.39 Å². The third-order valence-electron chi connectivity index (χ3n) is 1.62. The van der Waals surface area contributed by atoms with Crippen molar-refractivity contribution in [1.29, 1.82) is 0 Å². The lowest BCUT2D eigenvalue weighted by Crippen LogP contribution is -2.60. The third kappa shape index (κ3) is 4.66. The Morgan fingerprint density at radius 3 is 1.50 bits per heavy atom. The van der Waals surface area contributed by atoms with Crippen LogP contribution in [-0.2, 0) is 9.63 Å². The van der Waals surface area contributed by atoms with Crippen LogP contribution in [0.1, 0.15) is 0 Å². The molecule has 0 saturated heterocycles. The van der Waals surface area contributed by atoms with Crippen LogP contribution in [-0.4, -0.2) is 33.0 Å². The van der Waals surface area contributed by atoms with Crippen LogP contribution in [0.5, 0.6) is 0 Å². The zero-order chi connectivity index (χ0) is 13.4. The Labute approximate surface area is 95.7 Å². The van der Waals surface area contributed by atoms with Gasteiger partial charge in [0.15, 0.2) is 16.5 Å². The third-order valence-corrected chi connectivity index (χ3v) is 8.27. The number of nitrogens with zero attached hydrogens (tertiary/aromatic N) is 1. The summed E-state index contributed by atoms with van der Waals surface area (Å²) in [6.45, 7) is 11.1. The van der Waals surface area contributed by atoms with E-state index < -0.39 is 28.6 Å². The molecule has 8 heteroatoms. The van der Waals surface area contributed by atoms with Crippen molar-refractivity contribution in [3.05, 3.63) is 0 Å². The van der Waals surface area contributed by atoms with Crippen LogP contribution in [0.2, 0.25) is 39.3 Å². The number of carbonyl (C=O) groups is 1. The fourth-order valence-corrected chi connectivity index (χ4v) is 10.2. The lowest BCUT2D eigenvalue weighted by molar-refractivity contribution is -0.216. The van der Waals surface area contributed by atoms with E-state index in [1.165, 1.54) is 4.39 Å². The summed E-state index contributed by atoms with van der Waals surface area (Å²) in [6, 6.07) is 0. The van der Waals surface area contributed by atoms with Crippen molar-refractivity contribution < 1.29 is 22.8 Å². The topological polar surface area (TPSA) is 29.5 Å². The summed E-state index contributed by atoms with van der Waals surface area (Å²) in [5.41, 5.74) is 0. The van der Waals surface area contributed by atoms with Gasteiger partial charge >= 0.3 is 12.1 Å². The molecule has 0 spiro atoms. The van der Waals surface area contributed by atoms with Gasteiger partial charge in [0.25, 0.3) is 0 Å². The number of hydrogen-bond donors (Lipinski definition) is 0. The summed E-state index contributed by atoms with van der Waals surface area (Å²) < 4.78 is 37.7. The van der Waals surface area contributed by atoms with Gasteiger partial charge in [-0.15, -0.1) is 0 Å². The van der Waals surface area contributed by atoms with Crippen LogP contribution >= 0.6 is 0 Å². The molecule has 0 unspecified atom stereocenters. The highest BCUT2D eigenvalue weighted by molar-refractivity contribution is 6.89. The molecule has 0 aromatic heterocycles. The molecule has 0 aliphatic heterocycles. The van der Waals surface area contributed by atoms with E-state index in [1.54, 1.807) is 0 Å². The Balaban J connectivity index is 4.93. The van der Waals surface area contributed by atoms with Crippen molar-refractivity contribution in [3.63, 3.8) is 0 Å². The predicted molar refractivity (Wildman–Crippen MR) is 60.7 cm³/mol. The number of carbonyl (C=O) groups excluding carboxylic acids is 1. The molecule has 0 bridgehead atoms. The Bertz CT molecular complexity index is 254. The molecule has 0 amide bonds. The molecule has 0 aromatic carbocycles. The monoisotopic (exact) mass is 273 g/mol. The average molecular weight is 273 g/mol. The Hall–Kier alpha value is -0.346. The Morgan fingerprint density at radius 2 is 1.31 bits per heavy atom. The van der Waals surface area contributed by atoms with Crippen LogP contribution in [0.15, 0.2) is 0 Å². The highest BCUT2D eigenvalue weighted by Gasteiger charge is 2.46. The molecule has 3 nitrogen and oxygen atoms in total. The minimum Gasteiger partial charge on any atom is -0.376 e. The van der Waals surface area contributed by atoms with Crippen molar-refractivity contribution in [3.8, 4) is 0 Å². The molecular weight excluding hydrogens is 255 g/mol. The second kappa shape index (κ2) is 4.49. The van der Waals surface area contributed by atoms with Gasteiger partial charge in [0.05, 0.1) is 0 Å². The van der Waals surface area contributed by atoms with Gasteiger partial charge in [-0.3, -0.25) is 0 Å². The lowest BCUT2D eigenvalue weighted by atomic mass is 10.7. The number of alkyl halides is 3. The molecule has 0 N–H and O–H groups in total. The number of rotatable bonds is 3. The molecule has 96 valence electrons. The first-order valence-corrected chi connectivity index (χ1v) is 11.7. The summed E-state index contributed by atoms with van der Waals surface area (Å²) >= 11 is 0. The zero-order valence-electron chi connectivity index (χ0n) is 10.4. The molecule has 0 rings (SSSR count). The molecule has 0 atom stereocenters. The van der Waals surface area contributed by atoms with Crippen molar-refractivity contribution >= 4 is 22.4 Å². The van der Waals surface area contributed by atoms with Gasteiger partial charge in [0.1, 0.15) is 0 Å². The molecular formula is C8H18F3NO2Si2. The first-order chi connectivity index (χ1) is 6.76. The highest BCUT2D eigenvalue weighted by Crippen LogP contribution is 2.24. The fraction of sp³-hybridized carbons (Fsp3) is 0.875. The maximum absolute atomic E-state index is 12.1. The minimum atomic E-state index is -4.93. The first-order valence-electron chi connectivity index (χ1n) is 4.85. The van der Waals surface area contributed by atoms with Gasteiger partial charge in [-0.25, -0.2) is 4.79 Å². The highest BCUT2D eigenvalue weighted by atomic mass is 28.4. The minimum absolute atomic E-state index is 1.33. The zero-order valence-corrected chi connectivity index (χ0v) is 12.4. The molecule has 16 heavy (non-hydrogen) atoms.